The Morgan fingerprint density at radius 1 is 1.53 bits per heavy atom. The summed E-state index contributed by atoms with van der Waals surface area (Å²) in [5.41, 5.74) is 0. The number of halogens is 2. The minimum atomic E-state index is -3.65. The van der Waals surface area contributed by atoms with E-state index >= 15 is 0 Å². The van der Waals surface area contributed by atoms with Gasteiger partial charge in [0, 0.05) is 17.6 Å². The van der Waals surface area contributed by atoms with E-state index in [9.17, 15) is 12.8 Å². The van der Waals surface area contributed by atoms with Crippen LogP contribution in [0.4, 0.5) is 4.39 Å². The lowest BCUT2D eigenvalue weighted by molar-refractivity contribution is 0.571. The summed E-state index contributed by atoms with van der Waals surface area (Å²) in [7, 11) is -3.65. The number of sulfonamides is 1. The van der Waals surface area contributed by atoms with E-state index in [0.717, 1.165) is 24.9 Å². The van der Waals surface area contributed by atoms with E-state index in [0.29, 0.717) is 17.8 Å². The van der Waals surface area contributed by atoms with Crippen molar-refractivity contribution >= 4 is 26.0 Å². The van der Waals surface area contributed by atoms with Gasteiger partial charge in [0.25, 0.3) is 0 Å². The average Bonchev–Trinajstić information content (AvgIpc) is 2.24. The minimum Gasteiger partial charge on any atom is -0.260 e. The van der Waals surface area contributed by atoms with Crippen LogP contribution in [-0.2, 0) is 10.0 Å². The Balaban J connectivity index is 2.57. The smallest absolute Gasteiger partial charge is 0.242 e. The third-order valence-corrected chi connectivity index (χ3v) is 3.95. The Morgan fingerprint density at radius 2 is 2.24 bits per heavy atom. The number of aromatic nitrogens is 1. The number of alkyl halides is 1. The van der Waals surface area contributed by atoms with Gasteiger partial charge < -0.3 is 0 Å². The maximum atomic E-state index is 12.8. The van der Waals surface area contributed by atoms with E-state index in [1.807, 2.05) is 6.92 Å². The molecule has 7 heteroatoms. The van der Waals surface area contributed by atoms with Crippen LogP contribution in [0.25, 0.3) is 0 Å². The number of nitrogens with one attached hydrogen (secondary N) is 1. The van der Waals surface area contributed by atoms with Gasteiger partial charge in [0.05, 0.1) is 6.20 Å². The molecular formula is C10H14BrFN2O2S. The molecule has 0 aliphatic carbocycles. The van der Waals surface area contributed by atoms with Crippen LogP contribution >= 0.6 is 15.9 Å². The van der Waals surface area contributed by atoms with Crippen molar-refractivity contribution in [2.75, 3.05) is 6.54 Å². The quantitative estimate of drug-likeness (QED) is 0.643. The molecule has 1 heterocycles. The van der Waals surface area contributed by atoms with E-state index in [4.69, 9.17) is 0 Å². The number of hydrogen-bond acceptors (Lipinski definition) is 3. The number of pyridine rings is 1. The average molecular weight is 325 g/mol. The van der Waals surface area contributed by atoms with Gasteiger partial charge in [-0.05, 0) is 18.9 Å². The number of hydrogen-bond donors (Lipinski definition) is 1. The standard InChI is InChI=1S/C10H14BrFN2O2S/c1-8(11)3-2-4-14-17(15,16)10-5-9(12)6-13-7-10/h5-8,14H,2-4H2,1H3. The molecule has 0 radical (unpaired) electrons. The van der Waals surface area contributed by atoms with Crippen molar-refractivity contribution in [2.45, 2.75) is 29.5 Å². The molecule has 0 aliphatic heterocycles. The molecule has 1 aromatic heterocycles. The van der Waals surface area contributed by atoms with Crippen LogP contribution in [0.15, 0.2) is 23.4 Å². The monoisotopic (exact) mass is 324 g/mol. The van der Waals surface area contributed by atoms with Crippen molar-refractivity contribution in [1.29, 1.82) is 0 Å². The highest BCUT2D eigenvalue weighted by atomic mass is 79.9. The van der Waals surface area contributed by atoms with Gasteiger partial charge in [0.1, 0.15) is 10.7 Å². The molecule has 1 N–H and O–H groups in total. The van der Waals surface area contributed by atoms with Gasteiger partial charge in [-0.3, -0.25) is 4.98 Å². The van der Waals surface area contributed by atoms with Gasteiger partial charge >= 0.3 is 0 Å². The summed E-state index contributed by atoms with van der Waals surface area (Å²) in [6.45, 7) is 2.32. The van der Waals surface area contributed by atoms with E-state index < -0.39 is 15.8 Å². The highest BCUT2D eigenvalue weighted by Gasteiger charge is 2.14. The van der Waals surface area contributed by atoms with Crippen LogP contribution in [0.1, 0.15) is 19.8 Å². The largest absolute Gasteiger partial charge is 0.260 e. The maximum absolute atomic E-state index is 12.8. The summed E-state index contributed by atoms with van der Waals surface area (Å²) in [5.74, 6) is -0.665. The lowest BCUT2D eigenvalue weighted by Crippen LogP contribution is -2.25. The summed E-state index contributed by atoms with van der Waals surface area (Å²) in [4.78, 5) is 3.71. The van der Waals surface area contributed by atoms with Gasteiger partial charge in [-0.1, -0.05) is 22.9 Å². The van der Waals surface area contributed by atoms with Crippen molar-refractivity contribution < 1.29 is 12.8 Å². The highest BCUT2D eigenvalue weighted by molar-refractivity contribution is 9.09. The normalized spacial score (nSPS) is 13.6. The summed E-state index contributed by atoms with van der Waals surface area (Å²) >= 11 is 3.37. The Labute approximate surface area is 109 Å². The van der Waals surface area contributed by atoms with Gasteiger partial charge in [0.15, 0.2) is 0 Å². The predicted molar refractivity (Wildman–Crippen MR) is 67.0 cm³/mol. The fourth-order valence-electron chi connectivity index (χ4n) is 1.21. The molecule has 0 amide bonds. The maximum Gasteiger partial charge on any atom is 0.242 e. The summed E-state index contributed by atoms with van der Waals surface area (Å²) in [6, 6.07) is 0.947. The summed E-state index contributed by atoms with van der Waals surface area (Å²) in [5, 5.41) is 0. The first-order valence-corrected chi connectivity index (χ1v) is 7.56. The third kappa shape index (κ3) is 5.10. The molecule has 0 saturated heterocycles. The molecule has 0 fully saturated rings. The molecule has 0 spiro atoms. The Kier molecular flexibility index (Phi) is 5.48. The van der Waals surface area contributed by atoms with Crippen LogP contribution in [0.3, 0.4) is 0 Å². The first kappa shape index (κ1) is 14.5. The van der Waals surface area contributed by atoms with Crippen molar-refractivity contribution in [3.63, 3.8) is 0 Å². The van der Waals surface area contributed by atoms with Crippen molar-refractivity contribution in [3.05, 3.63) is 24.3 Å². The Hall–Kier alpha value is -0.530. The van der Waals surface area contributed by atoms with E-state index in [-0.39, 0.29) is 4.90 Å². The van der Waals surface area contributed by atoms with Crippen LogP contribution < -0.4 is 4.72 Å². The highest BCUT2D eigenvalue weighted by Crippen LogP contribution is 2.09. The second-order valence-corrected chi connectivity index (χ2v) is 6.99. The third-order valence-electron chi connectivity index (χ3n) is 2.06. The lowest BCUT2D eigenvalue weighted by atomic mass is 10.2. The molecule has 96 valence electrons. The molecule has 1 aromatic rings. The second-order valence-electron chi connectivity index (χ2n) is 3.66. The summed E-state index contributed by atoms with van der Waals surface area (Å²) in [6.07, 6.45) is 3.67. The summed E-state index contributed by atoms with van der Waals surface area (Å²) < 4.78 is 38.6. The number of nitrogens with zero attached hydrogens (tertiary/aromatic N) is 1. The van der Waals surface area contributed by atoms with Crippen LogP contribution in [0.2, 0.25) is 0 Å². The van der Waals surface area contributed by atoms with Crippen molar-refractivity contribution in [2.24, 2.45) is 0 Å². The predicted octanol–water partition coefficient (Wildman–Crippen LogP) is 2.06. The van der Waals surface area contributed by atoms with Gasteiger partial charge in [-0.2, -0.15) is 0 Å². The van der Waals surface area contributed by atoms with Crippen LogP contribution in [0, 0.1) is 5.82 Å². The molecule has 0 aromatic carbocycles. The lowest BCUT2D eigenvalue weighted by Gasteiger charge is -2.07. The van der Waals surface area contributed by atoms with E-state index in [1.54, 1.807) is 0 Å². The molecule has 17 heavy (non-hydrogen) atoms. The molecule has 1 unspecified atom stereocenters. The van der Waals surface area contributed by atoms with E-state index in [2.05, 4.69) is 25.6 Å². The van der Waals surface area contributed by atoms with Gasteiger partial charge in [-0.25, -0.2) is 17.5 Å². The van der Waals surface area contributed by atoms with Crippen LogP contribution in [0.5, 0.6) is 0 Å². The first-order valence-electron chi connectivity index (χ1n) is 5.16. The molecule has 1 rings (SSSR count). The molecule has 4 nitrogen and oxygen atoms in total. The minimum absolute atomic E-state index is 0.149. The molecule has 0 bridgehead atoms. The molecular weight excluding hydrogens is 311 g/mol. The van der Waals surface area contributed by atoms with Crippen LogP contribution in [-0.4, -0.2) is 24.8 Å². The zero-order chi connectivity index (χ0) is 12.9. The fourth-order valence-corrected chi connectivity index (χ4v) is 2.58. The number of rotatable bonds is 6. The zero-order valence-corrected chi connectivity index (χ0v) is 11.8. The topological polar surface area (TPSA) is 59.1 Å². The second kappa shape index (κ2) is 6.42. The molecule has 0 saturated carbocycles. The zero-order valence-electron chi connectivity index (χ0n) is 9.36. The fraction of sp³-hybridized carbons (Fsp3) is 0.500. The molecule has 1 atom stereocenters. The van der Waals surface area contributed by atoms with Gasteiger partial charge in [-0.15, -0.1) is 0 Å². The van der Waals surface area contributed by atoms with Crippen molar-refractivity contribution in [3.8, 4) is 0 Å². The van der Waals surface area contributed by atoms with Crippen molar-refractivity contribution in [1.82, 2.24) is 9.71 Å². The SMILES string of the molecule is CC(Br)CCCNS(=O)(=O)c1cncc(F)c1. The Morgan fingerprint density at radius 3 is 2.82 bits per heavy atom. The molecule has 0 aliphatic rings. The Bertz CT molecular complexity index is 465. The van der Waals surface area contributed by atoms with E-state index in [1.165, 1.54) is 0 Å². The van der Waals surface area contributed by atoms with Gasteiger partial charge in [0.2, 0.25) is 10.0 Å². The first-order chi connectivity index (χ1) is 7.92.